The molecule has 1 heterocycles. The zero-order valence-corrected chi connectivity index (χ0v) is 7.98. The van der Waals surface area contributed by atoms with Gasteiger partial charge in [0.1, 0.15) is 5.69 Å². The number of Topliss-reactive ketones (excluding diaryl/α,β-unsaturated/α-hetero) is 1. The van der Waals surface area contributed by atoms with Gasteiger partial charge in [0.25, 0.3) is 5.78 Å². The number of carbonyl (C=O) groups excluding carboxylic acids is 2. The number of aromatic nitrogens is 2. The van der Waals surface area contributed by atoms with Crippen LogP contribution in [0.25, 0.3) is 0 Å². The van der Waals surface area contributed by atoms with Gasteiger partial charge in [-0.15, -0.1) is 0 Å². The second kappa shape index (κ2) is 3.91. The Balaban J connectivity index is 2.84. The lowest BCUT2D eigenvalue weighted by molar-refractivity contribution is -0.137. The van der Waals surface area contributed by atoms with Crippen molar-refractivity contribution in [2.24, 2.45) is 7.05 Å². The Kier molecular flexibility index (Phi) is 2.85. The number of ether oxygens (including phenoxy) is 1. The van der Waals surface area contributed by atoms with Crippen molar-refractivity contribution < 1.29 is 14.3 Å². The fraction of sp³-hybridized carbons (Fsp3) is 0.375. The second-order valence-electron chi connectivity index (χ2n) is 2.64. The Labute approximate surface area is 80.7 Å². The van der Waals surface area contributed by atoms with E-state index in [-0.39, 0.29) is 18.2 Å². The molecule has 0 aliphatic carbocycles. The van der Waals surface area contributed by atoms with Crippen LogP contribution in [0.4, 0.5) is 5.95 Å². The van der Waals surface area contributed by atoms with E-state index in [0.29, 0.717) is 0 Å². The first kappa shape index (κ1) is 10.2. The largest absolute Gasteiger partial charge is 0.460 e. The quantitative estimate of drug-likeness (QED) is 0.410. The lowest BCUT2D eigenvalue weighted by Crippen LogP contribution is -2.17. The van der Waals surface area contributed by atoms with Gasteiger partial charge in [-0.2, -0.15) is 0 Å². The highest BCUT2D eigenvalue weighted by molar-refractivity contribution is 6.40. The average Bonchev–Trinajstić information content (AvgIpc) is 2.46. The number of carbonyl (C=O) groups is 2. The molecule has 0 unspecified atom stereocenters. The zero-order valence-electron chi connectivity index (χ0n) is 7.98. The van der Waals surface area contributed by atoms with E-state index in [0.717, 1.165) is 0 Å². The standard InChI is InChI=1S/C8H11N3O3/c1-3-14-7(13)6(12)5-4-11(2)8(9)10-5/h4H,3H2,1-2H3,(H2,9,10). The maximum absolute atomic E-state index is 11.3. The van der Waals surface area contributed by atoms with Crippen LogP contribution in [0.3, 0.4) is 0 Å². The summed E-state index contributed by atoms with van der Waals surface area (Å²) in [6.45, 7) is 1.78. The molecule has 0 saturated heterocycles. The summed E-state index contributed by atoms with van der Waals surface area (Å²) in [6, 6.07) is 0. The first-order valence-electron chi connectivity index (χ1n) is 4.06. The molecule has 6 nitrogen and oxygen atoms in total. The molecule has 1 aromatic heterocycles. The van der Waals surface area contributed by atoms with Gasteiger partial charge < -0.3 is 15.0 Å². The van der Waals surface area contributed by atoms with Gasteiger partial charge in [-0.3, -0.25) is 4.79 Å². The Hall–Kier alpha value is -1.85. The molecule has 0 aliphatic rings. The molecule has 1 aromatic rings. The summed E-state index contributed by atoms with van der Waals surface area (Å²) in [5, 5.41) is 0. The van der Waals surface area contributed by atoms with E-state index in [1.165, 1.54) is 10.8 Å². The van der Waals surface area contributed by atoms with Gasteiger partial charge in [0.2, 0.25) is 5.95 Å². The van der Waals surface area contributed by atoms with Crippen molar-refractivity contribution in [3.63, 3.8) is 0 Å². The first-order chi connectivity index (χ1) is 6.56. The highest BCUT2D eigenvalue weighted by Gasteiger charge is 2.20. The third kappa shape index (κ3) is 1.90. The molecule has 0 radical (unpaired) electrons. The SMILES string of the molecule is CCOC(=O)C(=O)c1cn(C)c(N)n1. The smallest absolute Gasteiger partial charge is 0.381 e. The molecule has 2 N–H and O–H groups in total. The molecule has 1 rings (SSSR count). The fourth-order valence-electron chi connectivity index (χ4n) is 0.891. The second-order valence-corrected chi connectivity index (χ2v) is 2.64. The van der Waals surface area contributed by atoms with Gasteiger partial charge in [-0.05, 0) is 6.92 Å². The molecular weight excluding hydrogens is 186 g/mol. The molecule has 6 heteroatoms. The van der Waals surface area contributed by atoms with Crippen molar-refractivity contribution >= 4 is 17.7 Å². The van der Waals surface area contributed by atoms with Crippen molar-refractivity contribution in [3.05, 3.63) is 11.9 Å². The van der Waals surface area contributed by atoms with Crippen molar-refractivity contribution in [3.8, 4) is 0 Å². The lowest BCUT2D eigenvalue weighted by Gasteiger charge is -1.96. The van der Waals surface area contributed by atoms with Crippen LogP contribution in [0.2, 0.25) is 0 Å². The topological polar surface area (TPSA) is 87.2 Å². The van der Waals surface area contributed by atoms with E-state index >= 15 is 0 Å². The van der Waals surface area contributed by atoms with Crippen LogP contribution in [-0.2, 0) is 16.6 Å². The molecule has 0 amide bonds. The summed E-state index contributed by atoms with van der Waals surface area (Å²) in [7, 11) is 1.63. The number of hydrogen-bond donors (Lipinski definition) is 1. The summed E-state index contributed by atoms with van der Waals surface area (Å²) in [6.07, 6.45) is 1.38. The summed E-state index contributed by atoms with van der Waals surface area (Å²) in [5.41, 5.74) is 5.40. The highest BCUT2D eigenvalue weighted by Crippen LogP contribution is 2.04. The summed E-state index contributed by atoms with van der Waals surface area (Å²) >= 11 is 0. The van der Waals surface area contributed by atoms with E-state index < -0.39 is 11.8 Å². The number of esters is 1. The van der Waals surface area contributed by atoms with Crippen LogP contribution in [0.1, 0.15) is 17.4 Å². The van der Waals surface area contributed by atoms with Gasteiger partial charge in [-0.25, -0.2) is 9.78 Å². The van der Waals surface area contributed by atoms with E-state index in [1.54, 1.807) is 14.0 Å². The monoisotopic (exact) mass is 197 g/mol. The van der Waals surface area contributed by atoms with E-state index in [2.05, 4.69) is 9.72 Å². The van der Waals surface area contributed by atoms with E-state index in [9.17, 15) is 9.59 Å². The van der Waals surface area contributed by atoms with E-state index in [1.807, 2.05) is 0 Å². The summed E-state index contributed by atoms with van der Waals surface area (Å²) in [4.78, 5) is 26.0. The Morgan fingerprint density at radius 3 is 2.71 bits per heavy atom. The molecule has 0 atom stereocenters. The number of rotatable bonds is 3. The minimum absolute atomic E-state index is 0.00319. The maximum Gasteiger partial charge on any atom is 0.381 e. The molecular formula is C8H11N3O3. The minimum atomic E-state index is -0.911. The van der Waals surface area contributed by atoms with Gasteiger partial charge in [0.15, 0.2) is 0 Å². The predicted molar refractivity (Wildman–Crippen MR) is 48.6 cm³/mol. The molecule has 0 saturated carbocycles. The molecule has 0 aromatic carbocycles. The first-order valence-corrected chi connectivity index (χ1v) is 4.06. The minimum Gasteiger partial charge on any atom is -0.460 e. The fourth-order valence-corrected chi connectivity index (χ4v) is 0.891. The molecule has 0 bridgehead atoms. The van der Waals surface area contributed by atoms with Crippen molar-refractivity contribution in [2.45, 2.75) is 6.92 Å². The average molecular weight is 197 g/mol. The number of aryl methyl sites for hydroxylation is 1. The Morgan fingerprint density at radius 2 is 2.29 bits per heavy atom. The third-order valence-electron chi connectivity index (χ3n) is 1.61. The van der Waals surface area contributed by atoms with Crippen LogP contribution in [0, 0.1) is 0 Å². The highest BCUT2D eigenvalue weighted by atomic mass is 16.5. The Bertz CT molecular complexity index is 350. The summed E-state index contributed by atoms with van der Waals surface area (Å²) < 4.78 is 5.98. The van der Waals surface area contributed by atoms with Crippen LogP contribution >= 0.6 is 0 Å². The predicted octanol–water partition coefficient (Wildman–Crippen LogP) is -0.252. The summed E-state index contributed by atoms with van der Waals surface area (Å²) in [5.74, 6) is -1.51. The number of nitrogens with zero attached hydrogens (tertiary/aromatic N) is 2. The Morgan fingerprint density at radius 1 is 1.64 bits per heavy atom. The lowest BCUT2D eigenvalue weighted by atomic mass is 10.3. The number of nitrogens with two attached hydrogens (primary N) is 1. The van der Waals surface area contributed by atoms with Gasteiger partial charge in [0.05, 0.1) is 6.61 Å². The van der Waals surface area contributed by atoms with Gasteiger partial charge in [-0.1, -0.05) is 0 Å². The molecule has 14 heavy (non-hydrogen) atoms. The molecule has 0 fully saturated rings. The van der Waals surface area contributed by atoms with Gasteiger partial charge >= 0.3 is 5.97 Å². The van der Waals surface area contributed by atoms with Crippen LogP contribution < -0.4 is 5.73 Å². The molecule has 0 aliphatic heterocycles. The number of anilines is 1. The van der Waals surface area contributed by atoms with Crippen LogP contribution in [0.15, 0.2) is 6.20 Å². The zero-order chi connectivity index (χ0) is 10.7. The molecule has 0 spiro atoms. The number of ketones is 1. The number of imidazole rings is 1. The van der Waals surface area contributed by atoms with Crippen molar-refractivity contribution in [1.82, 2.24) is 9.55 Å². The normalized spacial score (nSPS) is 9.86. The third-order valence-corrected chi connectivity index (χ3v) is 1.61. The van der Waals surface area contributed by atoms with Crippen LogP contribution in [0.5, 0.6) is 0 Å². The number of hydrogen-bond acceptors (Lipinski definition) is 5. The van der Waals surface area contributed by atoms with Crippen molar-refractivity contribution in [1.29, 1.82) is 0 Å². The van der Waals surface area contributed by atoms with Gasteiger partial charge in [0, 0.05) is 13.2 Å². The molecule has 76 valence electrons. The maximum atomic E-state index is 11.3. The van der Waals surface area contributed by atoms with Crippen molar-refractivity contribution in [2.75, 3.05) is 12.3 Å². The number of nitrogen functional groups attached to an aromatic ring is 1. The van der Waals surface area contributed by atoms with E-state index in [4.69, 9.17) is 5.73 Å². The van der Waals surface area contributed by atoms with Crippen LogP contribution in [-0.4, -0.2) is 27.9 Å².